The van der Waals surface area contributed by atoms with E-state index in [0.29, 0.717) is 0 Å². The number of hydrogen-bond acceptors (Lipinski definition) is 3. The van der Waals surface area contributed by atoms with E-state index in [4.69, 9.17) is 4.98 Å². The van der Waals surface area contributed by atoms with Crippen LogP contribution in [0.2, 0.25) is 0 Å². The normalized spacial score (nSPS) is 19.3. The summed E-state index contributed by atoms with van der Waals surface area (Å²) in [4.78, 5) is 20.6. The summed E-state index contributed by atoms with van der Waals surface area (Å²) in [5.74, 6) is 0.991. The average molecular weight is 328 g/mol. The number of thioether (sulfide) groups is 1. The van der Waals surface area contributed by atoms with Crippen LogP contribution < -0.4 is 5.56 Å². The molecule has 2 aromatic rings. The molecule has 1 aliphatic carbocycles. The Balaban J connectivity index is 2.14. The number of hydrogen-bond donors (Lipinski definition) is 1. The molecule has 0 spiro atoms. The van der Waals surface area contributed by atoms with Crippen LogP contribution in [0.1, 0.15) is 51.2 Å². The summed E-state index contributed by atoms with van der Waals surface area (Å²) in [6, 6.07) is 8.36. The summed E-state index contributed by atoms with van der Waals surface area (Å²) in [5.41, 5.74) is 4.06. The van der Waals surface area contributed by atoms with E-state index >= 15 is 0 Å². The number of unbranched alkanes of at least 4 members (excludes halogenated alkanes) is 1. The molecule has 0 bridgehead atoms. The second-order valence-corrected chi connectivity index (χ2v) is 7.63. The fourth-order valence-electron chi connectivity index (χ4n) is 3.30. The molecular weight excluding hydrogens is 304 g/mol. The second-order valence-electron chi connectivity index (χ2n) is 6.54. The molecule has 3 nitrogen and oxygen atoms in total. The third-order valence-electron chi connectivity index (χ3n) is 4.87. The topological polar surface area (TPSA) is 45.8 Å². The van der Waals surface area contributed by atoms with E-state index in [1.165, 1.54) is 5.56 Å². The van der Waals surface area contributed by atoms with Crippen molar-refractivity contribution in [3.63, 3.8) is 0 Å². The molecule has 0 unspecified atom stereocenters. The highest BCUT2D eigenvalue weighted by Gasteiger charge is 2.37. The fourth-order valence-corrected chi connectivity index (χ4v) is 4.25. The van der Waals surface area contributed by atoms with E-state index in [2.05, 4.69) is 44.0 Å². The van der Waals surface area contributed by atoms with Gasteiger partial charge in [0, 0.05) is 22.3 Å². The van der Waals surface area contributed by atoms with Crippen molar-refractivity contribution in [1.82, 2.24) is 9.97 Å². The molecule has 0 saturated carbocycles. The van der Waals surface area contributed by atoms with Crippen molar-refractivity contribution < 1.29 is 0 Å². The lowest BCUT2D eigenvalue weighted by atomic mass is 9.69. The highest BCUT2D eigenvalue weighted by atomic mass is 32.2. The van der Waals surface area contributed by atoms with Crippen molar-refractivity contribution in [3.05, 3.63) is 45.7 Å². The molecule has 4 heteroatoms. The van der Waals surface area contributed by atoms with Crippen molar-refractivity contribution in [3.8, 4) is 11.3 Å². The first-order valence-electron chi connectivity index (χ1n) is 8.45. The molecule has 1 heterocycles. The zero-order valence-corrected chi connectivity index (χ0v) is 14.9. The number of benzene rings is 1. The molecular formula is C19H24N2OS. The van der Waals surface area contributed by atoms with Crippen LogP contribution in [0.4, 0.5) is 0 Å². The molecule has 0 fully saturated rings. The molecule has 1 aliphatic rings. The highest BCUT2D eigenvalue weighted by Crippen LogP contribution is 2.42. The molecule has 0 aliphatic heterocycles. The van der Waals surface area contributed by atoms with Gasteiger partial charge in [-0.25, -0.2) is 4.98 Å². The maximum atomic E-state index is 12.8. The van der Waals surface area contributed by atoms with Gasteiger partial charge in [0.1, 0.15) is 0 Å². The monoisotopic (exact) mass is 328 g/mol. The molecule has 0 amide bonds. The zero-order chi connectivity index (χ0) is 16.4. The van der Waals surface area contributed by atoms with Crippen molar-refractivity contribution in [1.29, 1.82) is 0 Å². The summed E-state index contributed by atoms with van der Waals surface area (Å²) in [6.07, 6.45) is 4.12. The van der Waals surface area contributed by atoms with Gasteiger partial charge in [-0.1, -0.05) is 63.2 Å². The molecule has 1 aromatic heterocycles. The molecule has 3 rings (SSSR count). The molecule has 1 atom stereocenters. The molecule has 1 N–H and O–H groups in total. The number of nitrogens with one attached hydrogen (secondary N) is 1. The van der Waals surface area contributed by atoms with E-state index in [-0.39, 0.29) is 11.0 Å². The zero-order valence-electron chi connectivity index (χ0n) is 14.1. The molecule has 23 heavy (non-hydrogen) atoms. The van der Waals surface area contributed by atoms with Gasteiger partial charge in [0.15, 0.2) is 5.16 Å². The molecule has 0 saturated heterocycles. The van der Waals surface area contributed by atoms with Crippen LogP contribution in [0.25, 0.3) is 11.3 Å². The summed E-state index contributed by atoms with van der Waals surface area (Å²) < 4.78 is 0. The third kappa shape index (κ3) is 2.97. The van der Waals surface area contributed by atoms with Gasteiger partial charge in [0.2, 0.25) is 0 Å². The minimum atomic E-state index is -0.142. The quantitative estimate of drug-likeness (QED) is 0.497. The van der Waals surface area contributed by atoms with Gasteiger partial charge < -0.3 is 4.98 Å². The van der Waals surface area contributed by atoms with Crippen molar-refractivity contribution in [2.24, 2.45) is 0 Å². The number of aromatic nitrogens is 2. The Labute approximate surface area is 141 Å². The predicted molar refractivity (Wildman–Crippen MR) is 97.3 cm³/mol. The van der Waals surface area contributed by atoms with Crippen LogP contribution in [0, 0.1) is 0 Å². The molecule has 1 aromatic carbocycles. The standard InChI is InChI=1S/C19H24N2OS/c1-4-6-11-23-18-20-16-14-10-8-7-9-13(14)12-19(3,5-2)15(16)17(22)21-18/h7-10H,4-6,11-12H2,1-3H3,(H,20,21,22)/t19-/m0/s1. The van der Waals surface area contributed by atoms with Crippen molar-refractivity contribution >= 4 is 11.8 Å². The lowest BCUT2D eigenvalue weighted by Gasteiger charge is -2.34. The van der Waals surface area contributed by atoms with Crippen LogP contribution in [-0.4, -0.2) is 15.7 Å². The maximum Gasteiger partial charge on any atom is 0.255 e. The van der Waals surface area contributed by atoms with Crippen LogP contribution in [0.5, 0.6) is 0 Å². The van der Waals surface area contributed by atoms with Gasteiger partial charge in [0.05, 0.1) is 5.69 Å². The van der Waals surface area contributed by atoms with Gasteiger partial charge in [-0.2, -0.15) is 0 Å². The van der Waals surface area contributed by atoms with E-state index in [1.807, 2.05) is 6.07 Å². The lowest BCUT2D eigenvalue weighted by molar-refractivity contribution is 0.438. The molecule has 0 radical (unpaired) electrons. The largest absolute Gasteiger partial charge is 0.301 e. The van der Waals surface area contributed by atoms with Crippen LogP contribution >= 0.6 is 11.8 Å². The molecule has 122 valence electrons. The number of nitrogens with zero attached hydrogens (tertiary/aromatic N) is 1. The van der Waals surface area contributed by atoms with E-state index < -0.39 is 0 Å². The van der Waals surface area contributed by atoms with E-state index in [1.54, 1.807) is 11.8 Å². The summed E-state index contributed by atoms with van der Waals surface area (Å²) >= 11 is 1.65. The Morgan fingerprint density at radius 2 is 2.09 bits per heavy atom. The Morgan fingerprint density at radius 3 is 2.83 bits per heavy atom. The van der Waals surface area contributed by atoms with E-state index in [0.717, 1.165) is 53.4 Å². The number of aromatic amines is 1. The summed E-state index contributed by atoms with van der Waals surface area (Å²) in [7, 11) is 0. The smallest absolute Gasteiger partial charge is 0.255 e. The Morgan fingerprint density at radius 1 is 1.30 bits per heavy atom. The first-order chi connectivity index (χ1) is 11.1. The fraction of sp³-hybridized carbons (Fsp3) is 0.474. The SMILES string of the molecule is CCCCSc1nc2c(c(=O)[nH]1)[C@@](C)(CC)Cc1ccccc1-2. The van der Waals surface area contributed by atoms with Crippen LogP contribution in [0.15, 0.2) is 34.2 Å². The number of fused-ring (bicyclic) bond motifs is 3. The minimum Gasteiger partial charge on any atom is -0.301 e. The minimum absolute atomic E-state index is 0.0350. The Kier molecular flexibility index (Phi) is 4.62. The predicted octanol–water partition coefficient (Wildman–Crippen LogP) is 4.55. The van der Waals surface area contributed by atoms with Crippen molar-refractivity contribution in [2.75, 3.05) is 5.75 Å². The van der Waals surface area contributed by atoms with Gasteiger partial charge >= 0.3 is 0 Å². The van der Waals surface area contributed by atoms with Gasteiger partial charge in [-0.05, 0) is 24.8 Å². The van der Waals surface area contributed by atoms with Gasteiger partial charge in [-0.3, -0.25) is 4.79 Å². The van der Waals surface area contributed by atoms with E-state index in [9.17, 15) is 4.79 Å². The Hall–Kier alpha value is -1.55. The number of H-pyrrole nitrogens is 1. The summed E-state index contributed by atoms with van der Waals surface area (Å²) in [5, 5.41) is 0.748. The lowest BCUT2D eigenvalue weighted by Crippen LogP contribution is -2.36. The third-order valence-corrected chi connectivity index (χ3v) is 5.83. The first-order valence-corrected chi connectivity index (χ1v) is 9.43. The Bertz CT molecular complexity index is 768. The van der Waals surface area contributed by atoms with Crippen LogP contribution in [-0.2, 0) is 11.8 Å². The maximum absolute atomic E-state index is 12.8. The van der Waals surface area contributed by atoms with Crippen molar-refractivity contribution in [2.45, 2.75) is 57.0 Å². The first kappa shape index (κ1) is 16.3. The average Bonchev–Trinajstić information content (AvgIpc) is 2.55. The van der Waals surface area contributed by atoms with Crippen LogP contribution in [0.3, 0.4) is 0 Å². The van der Waals surface area contributed by atoms with Gasteiger partial charge in [0.25, 0.3) is 5.56 Å². The van der Waals surface area contributed by atoms with Gasteiger partial charge in [-0.15, -0.1) is 0 Å². The number of rotatable bonds is 5. The highest BCUT2D eigenvalue weighted by molar-refractivity contribution is 7.99. The summed E-state index contributed by atoms with van der Waals surface area (Å²) in [6.45, 7) is 6.51. The second kappa shape index (κ2) is 6.52.